The summed E-state index contributed by atoms with van der Waals surface area (Å²) in [6, 6.07) is 14.4. The molecule has 10 nitrogen and oxygen atoms in total. The number of H-pyrrole nitrogens is 2. The number of anilines is 1. The minimum absolute atomic E-state index is 0.233. The molecule has 0 atom stereocenters. The number of hydrogen-bond donors (Lipinski definition) is 4. The molecule has 0 bridgehead atoms. The number of imidazole rings is 1. The highest BCUT2D eigenvalue weighted by molar-refractivity contribution is 5.58. The van der Waals surface area contributed by atoms with Crippen LogP contribution in [0.1, 0.15) is 24.1 Å². The van der Waals surface area contributed by atoms with Crippen molar-refractivity contribution in [2.75, 3.05) is 5.32 Å². The van der Waals surface area contributed by atoms with Crippen LogP contribution in [-0.2, 0) is 6.54 Å². The molecule has 1 aliphatic rings. The van der Waals surface area contributed by atoms with Gasteiger partial charge in [-0.05, 0) is 42.7 Å². The maximum Gasteiger partial charge on any atom is 0.326 e. The highest BCUT2D eigenvalue weighted by Crippen LogP contribution is 2.22. The topological polar surface area (TPSA) is 128 Å². The second kappa shape index (κ2) is 8.07. The number of hydrogen-bond acceptors (Lipinski definition) is 6. The van der Waals surface area contributed by atoms with Crippen LogP contribution in [0.5, 0.6) is 5.88 Å². The summed E-state index contributed by atoms with van der Waals surface area (Å²) in [7, 11) is 0. The molecule has 1 saturated carbocycles. The van der Waals surface area contributed by atoms with Crippen LogP contribution in [0.3, 0.4) is 0 Å². The van der Waals surface area contributed by atoms with E-state index < -0.39 is 5.69 Å². The van der Waals surface area contributed by atoms with Crippen LogP contribution in [0, 0.1) is 0 Å². The van der Waals surface area contributed by atoms with Crippen LogP contribution in [-0.4, -0.2) is 40.3 Å². The zero-order valence-electron chi connectivity index (χ0n) is 18.1. The fourth-order valence-corrected chi connectivity index (χ4v) is 3.88. The van der Waals surface area contributed by atoms with E-state index in [4.69, 9.17) is 9.98 Å². The van der Waals surface area contributed by atoms with E-state index in [2.05, 4.69) is 37.1 Å². The van der Waals surface area contributed by atoms with E-state index in [0.29, 0.717) is 34.8 Å². The van der Waals surface area contributed by atoms with Crippen LogP contribution in [0.2, 0.25) is 0 Å². The molecule has 0 spiro atoms. The summed E-state index contributed by atoms with van der Waals surface area (Å²) in [5.74, 6) is 0.430. The molecule has 4 heterocycles. The molecule has 1 fully saturated rings. The first-order chi connectivity index (χ1) is 16.6. The SMILES string of the molecule is O=c1[nH]c(O)c(C=c2cnn3c(=NC4CC4)cc(NCc4ccccc4-n4cccc4)nc23)[nH]1. The number of fused-ring (bicyclic) bond motifs is 1. The van der Waals surface area contributed by atoms with Crippen molar-refractivity contribution in [3.8, 4) is 11.6 Å². The molecule has 0 amide bonds. The zero-order chi connectivity index (χ0) is 23.1. The Hall–Kier alpha value is -4.60. The summed E-state index contributed by atoms with van der Waals surface area (Å²) < 4.78 is 3.76. The van der Waals surface area contributed by atoms with Crippen molar-refractivity contribution in [3.05, 3.63) is 93.5 Å². The van der Waals surface area contributed by atoms with Gasteiger partial charge in [-0.15, -0.1) is 0 Å². The van der Waals surface area contributed by atoms with Gasteiger partial charge in [-0.3, -0.25) is 9.98 Å². The number of nitrogens with zero attached hydrogens (tertiary/aromatic N) is 5. The van der Waals surface area contributed by atoms with Gasteiger partial charge < -0.3 is 20.0 Å². The summed E-state index contributed by atoms with van der Waals surface area (Å²) in [5.41, 5.74) is 3.28. The lowest BCUT2D eigenvalue weighted by molar-refractivity contribution is 0.454. The van der Waals surface area contributed by atoms with Crippen molar-refractivity contribution in [1.82, 2.24) is 29.1 Å². The molecule has 10 heteroatoms. The first kappa shape index (κ1) is 20.0. The number of para-hydroxylation sites is 1. The zero-order valence-corrected chi connectivity index (χ0v) is 18.1. The van der Waals surface area contributed by atoms with Crippen LogP contribution in [0.25, 0.3) is 17.4 Å². The number of rotatable bonds is 6. The van der Waals surface area contributed by atoms with Crippen LogP contribution in [0.15, 0.2) is 70.8 Å². The molecule has 0 unspecified atom stereocenters. The van der Waals surface area contributed by atoms with Gasteiger partial charge in [0.1, 0.15) is 11.5 Å². The van der Waals surface area contributed by atoms with Crippen molar-refractivity contribution in [3.63, 3.8) is 0 Å². The molecular formula is C24H22N8O2. The molecule has 0 radical (unpaired) electrons. The lowest BCUT2D eigenvalue weighted by atomic mass is 10.1. The molecular weight excluding hydrogens is 432 g/mol. The number of benzene rings is 1. The Morgan fingerprint density at radius 1 is 1.18 bits per heavy atom. The summed E-state index contributed by atoms with van der Waals surface area (Å²) in [6.07, 6.45) is 9.44. The third-order valence-corrected chi connectivity index (χ3v) is 5.71. The lowest BCUT2D eigenvalue weighted by Gasteiger charge is -2.12. The third kappa shape index (κ3) is 3.85. The largest absolute Gasteiger partial charge is 0.493 e. The second-order valence-corrected chi connectivity index (χ2v) is 8.25. The molecule has 0 aliphatic heterocycles. The summed E-state index contributed by atoms with van der Waals surface area (Å²) in [6.45, 7) is 0.569. The molecule has 4 aromatic heterocycles. The Morgan fingerprint density at radius 3 is 2.76 bits per heavy atom. The summed E-state index contributed by atoms with van der Waals surface area (Å²) >= 11 is 0. The molecule has 34 heavy (non-hydrogen) atoms. The highest BCUT2D eigenvalue weighted by atomic mass is 16.3. The molecule has 0 saturated heterocycles. The highest BCUT2D eigenvalue weighted by Gasteiger charge is 2.20. The van der Waals surface area contributed by atoms with Gasteiger partial charge in [0.05, 0.1) is 12.2 Å². The van der Waals surface area contributed by atoms with Crippen LogP contribution < -0.4 is 21.7 Å². The van der Waals surface area contributed by atoms with Crippen LogP contribution in [0.4, 0.5) is 5.82 Å². The Bertz CT molecular complexity index is 1660. The first-order valence-corrected chi connectivity index (χ1v) is 11.0. The van der Waals surface area contributed by atoms with Gasteiger partial charge >= 0.3 is 5.69 Å². The minimum atomic E-state index is -0.485. The Balaban J connectivity index is 1.41. The Morgan fingerprint density at radius 2 is 2.00 bits per heavy atom. The maximum absolute atomic E-state index is 11.5. The summed E-state index contributed by atoms with van der Waals surface area (Å²) in [5, 5.41) is 18.5. The van der Waals surface area contributed by atoms with E-state index in [1.165, 1.54) is 0 Å². The van der Waals surface area contributed by atoms with Crippen molar-refractivity contribution in [2.24, 2.45) is 4.99 Å². The monoisotopic (exact) mass is 454 g/mol. The predicted octanol–water partition coefficient (Wildman–Crippen LogP) is 1.46. The van der Waals surface area contributed by atoms with Gasteiger partial charge in [0, 0.05) is 35.9 Å². The number of aromatic amines is 2. The van der Waals surface area contributed by atoms with Gasteiger partial charge in [0.2, 0.25) is 5.88 Å². The number of aromatic hydroxyl groups is 1. The van der Waals surface area contributed by atoms with E-state index in [1.54, 1.807) is 16.8 Å². The molecule has 6 rings (SSSR count). The van der Waals surface area contributed by atoms with E-state index in [9.17, 15) is 9.90 Å². The Kier molecular flexibility index (Phi) is 4.76. The average Bonchev–Trinajstić information content (AvgIpc) is 3.20. The molecule has 5 aromatic rings. The van der Waals surface area contributed by atoms with Gasteiger partial charge in [-0.25, -0.2) is 9.78 Å². The van der Waals surface area contributed by atoms with Crippen molar-refractivity contribution in [2.45, 2.75) is 25.4 Å². The van der Waals surface area contributed by atoms with Gasteiger partial charge in [0.15, 0.2) is 11.1 Å². The van der Waals surface area contributed by atoms with E-state index in [0.717, 1.165) is 24.1 Å². The lowest BCUT2D eigenvalue weighted by Crippen LogP contribution is -2.20. The molecule has 1 aliphatic carbocycles. The minimum Gasteiger partial charge on any atom is -0.493 e. The average molecular weight is 454 g/mol. The van der Waals surface area contributed by atoms with Crippen molar-refractivity contribution >= 4 is 17.5 Å². The van der Waals surface area contributed by atoms with Crippen molar-refractivity contribution in [1.29, 1.82) is 0 Å². The molecule has 170 valence electrons. The van der Waals surface area contributed by atoms with E-state index >= 15 is 0 Å². The normalized spacial score (nSPS) is 14.8. The quantitative estimate of drug-likeness (QED) is 0.309. The van der Waals surface area contributed by atoms with Gasteiger partial charge in [0.25, 0.3) is 0 Å². The second-order valence-electron chi connectivity index (χ2n) is 8.25. The first-order valence-electron chi connectivity index (χ1n) is 11.0. The number of nitrogens with one attached hydrogen (secondary N) is 3. The fourth-order valence-electron chi connectivity index (χ4n) is 3.88. The van der Waals surface area contributed by atoms with Crippen molar-refractivity contribution < 1.29 is 5.11 Å². The van der Waals surface area contributed by atoms with E-state index in [1.807, 2.05) is 42.7 Å². The van der Waals surface area contributed by atoms with Gasteiger partial charge in [-0.2, -0.15) is 9.61 Å². The standard InChI is InChI=1S/C24H22N8O2/c33-23-18(28-24(34)30-23)11-16-14-26-32-21(27-17-7-8-17)12-20(29-22(16)32)25-13-15-5-1-2-6-19(15)31-9-3-4-10-31/h1-6,9-12,14,17,25,33H,7-8,13H2,(H2,28,30,34). The maximum atomic E-state index is 11.5. The van der Waals surface area contributed by atoms with Gasteiger partial charge in [-0.1, -0.05) is 18.2 Å². The Labute approximate surface area is 193 Å². The summed E-state index contributed by atoms with van der Waals surface area (Å²) in [4.78, 5) is 26.0. The predicted molar refractivity (Wildman–Crippen MR) is 127 cm³/mol. The smallest absolute Gasteiger partial charge is 0.326 e. The third-order valence-electron chi connectivity index (χ3n) is 5.71. The van der Waals surface area contributed by atoms with E-state index in [-0.39, 0.29) is 11.6 Å². The molecule has 4 N–H and O–H groups in total. The van der Waals surface area contributed by atoms with Crippen LogP contribution >= 0.6 is 0 Å². The fraction of sp³-hybridized carbons (Fsp3) is 0.167. The number of aromatic nitrogens is 6. The molecule has 1 aromatic carbocycles.